The summed E-state index contributed by atoms with van der Waals surface area (Å²) in [6.07, 6.45) is 8.54. The van der Waals surface area contributed by atoms with Crippen molar-refractivity contribution in [1.29, 1.82) is 0 Å². The number of nitrogens with one attached hydrogen (secondary N) is 2. The average molecular weight is 297 g/mol. The van der Waals surface area contributed by atoms with Gasteiger partial charge in [0.05, 0.1) is 0 Å². The van der Waals surface area contributed by atoms with E-state index in [4.69, 9.17) is 4.99 Å². The fourth-order valence-corrected chi connectivity index (χ4v) is 3.11. The monoisotopic (exact) mass is 297 g/mol. The molecule has 1 aliphatic rings. The summed E-state index contributed by atoms with van der Waals surface area (Å²) in [6.45, 7) is 8.55. The second kappa shape index (κ2) is 10.9. The first kappa shape index (κ1) is 18.3. The molecule has 0 bridgehead atoms. The van der Waals surface area contributed by atoms with Crippen molar-refractivity contribution in [2.45, 2.75) is 71.8 Å². The first-order valence-corrected chi connectivity index (χ1v) is 8.81. The van der Waals surface area contributed by atoms with E-state index in [-0.39, 0.29) is 6.61 Å². The molecule has 0 saturated heterocycles. The number of aliphatic imine (C=N–C) groups is 1. The van der Waals surface area contributed by atoms with Crippen molar-refractivity contribution in [3.8, 4) is 0 Å². The van der Waals surface area contributed by atoms with Gasteiger partial charge in [-0.3, -0.25) is 4.99 Å². The molecule has 0 aliphatic heterocycles. The summed E-state index contributed by atoms with van der Waals surface area (Å²) >= 11 is 0. The lowest BCUT2D eigenvalue weighted by Gasteiger charge is -2.25. The topological polar surface area (TPSA) is 56.7 Å². The number of aliphatic hydroxyl groups excluding tert-OH is 1. The Morgan fingerprint density at radius 3 is 2.52 bits per heavy atom. The zero-order valence-corrected chi connectivity index (χ0v) is 14.2. The van der Waals surface area contributed by atoms with E-state index in [0.717, 1.165) is 31.9 Å². The second-order valence-electron chi connectivity index (χ2n) is 6.71. The molecule has 1 atom stereocenters. The molecule has 1 rings (SSSR count). The third-order valence-electron chi connectivity index (χ3n) is 4.14. The molecule has 3 N–H and O–H groups in total. The molecule has 0 heterocycles. The lowest BCUT2D eigenvalue weighted by molar-refractivity contribution is 0.245. The lowest BCUT2D eigenvalue weighted by Crippen LogP contribution is -2.44. The van der Waals surface area contributed by atoms with Gasteiger partial charge in [-0.1, -0.05) is 33.1 Å². The van der Waals surface area contributed by atoms with Crippen LogP contribution in [0.1, 0.15) is 65.7 Å². The molecule has 1 saturated carbocycles. The molecule has 0 amide bonds. The minimum atomic E-state index is 0.263. The van der Waals surface area contributed by atoms with Crippen LogP contribution in [0.25, 0.3) is 0 Å². The van der Waals surface area contributed by atoms with Crippen LogP contribution >= 0.6 is 0 Å². The van der Waals surface area contributed by atoms with E-state index in [1.54, 1.807) is 0 Å². The van der Waals surface area contributed by atoms with Gasteiger partial charge in [-0.05, 0) is 44.4 Å². The predicted octanol–water partition coefficient (Wildman–Crippen LogP) is 2.92. The van der Waals surface area contributed by atoms with E-state index in [9.17, 15) is 5.11 Å². The van der Waals surface area contributed by atoms with Gasteiger partial charge in [-0.15, -0.1) is 0 Å². The fraction of sp³-hybridized carbons (Fsp3) is 0.941. The van der Waals surface area contributed by atoms with Gasteiger partial charge in [0.2, 0.25) is 0 Å². The van der Waals surface area contributed by atoms with Crippen molar-refractivity contribution in [3.63, 3.8) is 0 Å². The summed E-state index contributed by atoms with van der Waals surface area (Å²) in [4.78, 5) is 4.76. The van der Waals surface area contributed by atoms with Crippen LogP contribution in [0.15, 0.2) is 4.99 Å². The van der Waals surface area contributed by atoms with Crippen LogP contribution in [0.5, 0.6) is 0 Å². The maximum Gasteiger partial charge on any atom is 0.191 e. The van der Waals surface area contributed by atoms with E-state index >= 15 is 0 Å². The van der Waals surface area contributed by atoms with E-state index in [2.05, 4.69) is 31.4 Å². The van der Waals surface area contributed by atoms with Crippen molar-refractivity contribution < 1.29 is 5.11 Å². The predicted molar refractivity (Wildman–Crippen MR) is 90.6 cm³/mol. The minimum Gasteiger partial charge on any atom is -0.396 e. The molecule has 124 valence electrons. The van der Waals surface area contributed by atoms with Crippen LogP contribution in [-0.2, 0) is 0 Å². The normalized spacial score (nSPS) is 18.8. The molecule has 0 spiro atoms. The fourth-order valence-electron chi connectivity index (χ4n) is 3.11. The Hall–Kier alpha value is -0.770. The molecule has 0 aromatic heterocycles. The van der Waals surface area contributed by atoms with Crippen LogP contribution in [0.4, 0.5) is 0 Å². The second-order valence-corrected chi connectivity index (χ2v) is 6.71. The molecule has 0 aromatic rings. The van der Waals surface area contributed by atoms with E-state index in [0.29, 0.717) is 17.9 Å². The van der Waals surface area contributed by atoms with Gasteiger partial charge in [0, 0.05) is 25.7 Å². The van der Waals surface area contributed by atoms with Gasteiger partial charge < -0.3 is 15.7 Å². The van der Waals surface area contributed by atoms with Crippen LogP contribution in [0.2, 0.25) is 0 Å². The Morgan fingerprint density at radius 1 is 1.24 bits per heavy atom. The highest BCUT2D eigenvalue weighted by atomic mass is 16.3. The van der Waals surface area contributed by atoms with Crippen molar-refractivity contribution in [2.75, 3.05) is 19.7 Å². The molecular weight excluding hydrogens is 262 g/mol. The molecule has 0 aromatic carbocycles. The zero-order chi connectivity index (χ0) is 15.5. The number of hydrogen-bond acceptors (Lipinski definition) is 2. The van der Waals surface area contributed by atoms with Gasteiger partial charge >= 0.3 is 0 Å². The first-order chi connectivity index (χ1) is 10.2. The largest absolute Gasteiger partial charge is 0.396 e. The van der Waals surface area contributed by atoms with E-state index < -0.39 is 0 Å². The van der Waals surface area contributed by atoms with Gasteiger partial charge in [0.1, 0.15) is 0 Å². The standard InChI is InChI=1S/C17H35N3O/c1-4-18-17(20-16-8-6-5-7-9-16)19-13-15(10-11-21)12-14(2)3/h14-16,21H,4-13H2,1-3H3,(H2,18,19,20). The maximum absolute atomic E-state index is 9.20. The summed E-state index contributed by atoms with van der Waals surface area (Å²) in [5.74, 6) is 2.10. The molecule has 1 unspecified atom stereocenters. The Bertz CT molecular complexity index is 286. The smallest absolute Gasteiger partial charge is 0.191 e. The SMILES string of the molecule is CCNC(=NCC(CCO)CC(C)C)NC1CCCCC1. The number of hydrogen-bond donors (Lipinski definition) is 3. The van der Waals surface area contributed by atoms with Crippen LogP contribution in [-0.4, -0.2) is 36.8 Å². The van der Waals surface area contributed by atoms with E-state index in [1.807, 2.05) is 0 Å². The van der Waals surface area contributed by atoms with Crippen molar-refractivity contribution in [1.82, 2.24) is 10.6 Å². The van der Waals surface area contributed by atoms with Gasteiger partial charge in [0.25, 0.3) is 0 Å². The summed E-state index contributed by atoms with van der Waals surface area (Å²) in [5.41, 5.74) is 0. The molecule has 21 heavy (non-hydrogen) atoms. The molecular formula is C17H35N3O. The van der Waals surface area contributed by atoms with E-state index in [1.165, 1.54) is 32.1 Å². The minimum absolute atomic E-state index is 0.263. The highest BCUT2D eigenvalue weighted by Gasteiger charge is 2.15. The average Bonchev–Trinajstić information content (AvgIpc) is 2.45. The molecule has 4 nitrogen and oxygen atoms in total. The van der Waals surface area contributed by atoms with Crippen LogP contribution in [0.3, 0.4) is 0 Å². The highest BCUT2D eigenvalue weighted by Crippen LogP contribution is 2.18. The number of guanidine groups is 1. The number of aliphatic hydroxyl groups is 1. The van der Waals surface area contributed by atoms with Crippen LogP contribution in [0, 0.1) is 11.8 Å². The Balaban J connectivity index is 2.50. The molecule has 1 aliphatic carbocycles. The molecule has 4 heteroatoms. The van der Waals surface area contributed by atoms with Gasteiger partial charge in [0.15, 0.2) is 5.96 Å². The zero-order valence-electron chi connectivity index (χ0n) is 14.2. The van der Waals surface area contributed by atoms with Crippen molar-refractivity contribution in [3.05, 3.63) is 0 Å². The molecule has 0 radical (unpaired) electrons. The number of rotatable bonds is 8. The first-order valence-electron chi connectivity index (χ1n) is 8.81. The summed E-state index contributed by atoms with van der Waals surface area (Å²) in [7, 11) is 0. The quantitative estimate of drug-likeness (QED) is 0.477. The lowest BCUT2D eigenvalue weighted by atomic mass is 9.94. The molecule has 1 fully saturated rings. The van der Waals surface area contributed by atoms with Crippen LogP contribution < -0.4 is 10.6 Å². The maximum atomic E-state index is 9.20. The summed E-state index contributed by atoms with van der Waals surface area (Å²) < 4.78 is 0. The summed E-state index contributed by atoms with van der Waals surface area (Å²) in [6, 6.07) is 0.581. The Labute approximate surface area is 130 Å². The van der Waals surface area contributed by atoms with Gasteiger partial charge in [-0.2, -0.15) is 0 Å². The highest BCUT2D eigenvalue weighted by molar-refractivity contribution is 5.80. The van der Waals surface area contributed by atoms with Crippen molar-refractivity contribution >= 4 is 5.96 Å². The Morgan fingerprint density at radius 2 is 1.95 bits per heavy atom. The van der Waals surface area contributed by atoms with Gasteiger partial charge in [-0.25, -0.2) is 0 Å². The summed E-state index contributed by atoms with van der Waals surface area (Å²) in [5, 5.41) is 16.1. The Kier molecular flexibility index (Phi) is 9.48. The van der Waals surface area contributed by atoms with Crippen molar-refractivity contribution in [2.24, 2.45) is 16.8 Å². The third kappa shape index (κ3) is 8.30. The number of nitrogens with zero attached hydrogens (tertiary/aromatic N) is 1. The third-order valence-corrected chi connectivity index (χ3v) is 4.14.